The van der Waals surface area contributed by atoms with Crippen molar-refractivity contribution in [1.82, 2.24) is 15.4 Å². The normalized spacial score (nSPS) is 18.2. The monoisotopic (exact) mass is 542 g/mol. The number of fused-ring (bicyclic) bond motifs is 1. The first-order valence-corrected chi connectivity index (χ1v) is 11.3. The van der Waals surface area contributed by atoms with E-state index in [1.54, 1.807) is 19.2 Å². The summed E-state index contributed by atoms with van der Waals surface area (Å²) in [6.45, 7) is 1.19. The standard InChI is InChI=1S/C21H26N4O3S.HI/c1-22-21(24-14-18-12-16-4-2-3-5-20(16)28-18)23-13-15-6-10-19(11-7-15)29(26,27)25-17-8-9-17;/h2-7,10-11,17-18,25H,8-9,12-14H2,1H3,(H2,22,23,24);1H. The fourth-order valence-corrected chi connectivity index (χ4v) is 4.56. The molecule has 0 bridgehead atoms. The fourth-order valence-electron chi connectivity index (χ4n) is 3.26. The van der Waals surface area contributed by atoms with Gasteiger partial charge >= 0.3 is 0 Å². The third-order valence-corrected chi connectivity index (χ3v) is 6.56. The summed E-state index contributed by atoms with van der Waals surface area (Å²) in [5, 5.41) is 6.54. The smallest absolute Gasteiger partial charge is 0.240 e. The van der Waals surface area contributed by atoms with E-state index in [0.717, 1.165) is 30.6 Å². The van der Waals surface area contributed by atoms with E-state index in [0.29, 0.717) is 23.9 Å². The van der Waals surface area contributed by atoms with E-state index in [9.17, 15) is 8.42 Å². The summed E-state index contributed by atoms with van der Waals surface area (Å²) in [5.74, 6) is 1.63. The molecule has 2 aromatic rings. The lowest BCUT2D eigenvalue weighted by Gasteiger charge is -2.16. The Morgan fingerprint density at radius 1 is 1.10 bits per heavy atom. The van der Waals surface area contributed by atoms with E-state index in [4.69, 9.17) is 4.74 Å². The SMILES string of the molecule is CN=C(NCc1ccc(S(=O)(=O)NC2CC2)cc1)NCC1Cc2ccccc2O1.I. The first-order chi connectivity index (χ1) is 14.0. The average Bonchev–Trinajstić information content (AvgIpc) is 3.42. The van der Waals surface area contributed by atoms with Crippen molar-refractivity contribution in [2.24, 2.45) is 4.99 Å². The molecule has 30 heavy (non-hydrogen) atoms. The van der Waals surface area contributed by atoms with Crippen molar-refractivity contribution in [3.63, 3.8) is 0 Å². The van der Waals surface area contributed by atoms with Gasteiger partial charge in [-0.3, -0.25) is 4.99 Å². The molecule has 1 unspecified atom stereocenters. The second-order valence-corrected chi connectivity index (χ2v) is 9.11. The maximum absolute atomic E-state index is 12.2. The third kappa shape index (κ3) is 5.86. The summed E-state index contributed by atoms with van der Waals surface area (Å²) in [6, 6.07) is 15.1. The van der Waals surface area contributed by atoms with Crippen LogP contribution < -0.4 is 20.1 Å². The number of halogens is 1. The highest BCUT2D eigenvalue weighted by atomic mass is 127. The summed E-state index contributed by atoms with van der Waals surface area (Å²) in [5.41, 5.74) is 2.20. The maximum atomic E-state index is 12.2. The highest BCUT2D eigenvalue weighted by Crippen LogP contribution is 2.27. The van der Waals surface area contributed by atoms with Crippen molar-refractivity contribution >= 4 is 40.0 Å². The zero-order chi connectivity index (χ0) is 20.3. The van der Waals surface area contributed by atoms with Gasteiger partial charge in [-0.15, -0.1) is 24.0 Å². The molecular formula is C21H27IN4O3S. The van der Waals surface area contributed by atoms with Crippen molar-refractivity contribution in [2.75, 3.05) is 13.6 Å². The van der Waals surface area contributed by atoms with Crippen molar-refractivity contribution in [3.8, 4) is 5.75 Å². The lowest BCUT2D eigenvalue weighted by molar-refractivity contribution is 0.235. The minimum atomic E-state index is -3.41. The van der Waals surface area contributed by atoms with Crippen LogP contribution in [0.25, 0.3) is 0 Å². The fraction of sp³-hybridized carbons (Fsp3) is 0.381. The molecule has 1 saturated carbocycles. The molecule has 1 aliphatic carbocycles. The molecule has 7 nitrogen and oxygen atoms in total. The molecule has 0 radical (unpaired) electrons. The maximum Gasteiger partial charge on any atom is 0.240 e. The molecule has 1 atom stereocenters. The van der Waals surface area contributed by atoms with Gasteiger partial charge in [-0.25, -0.2) is 13.1 Å². The Hall–Kier alpha value is -1.85. The minimum absolute atomic E-state index is 0. The number of guanidine groups is 1. The quantitative estimate of drug-likeness (QED) is 0.284. The molecule has 1 heterocycles. The number of hydrogen-bond donors (Lipinski definition) is 3. The van der Waals surface area contributed by atoms with Crippen LogP contribution in [0.15, 0.2) is 58.4 Å². The van der Waals surface area contributed by atoms with Gasteiger partial charge in [0.2, 0.25) is 10.0 Å². The summed E-state index contributed by atoms with van der Waals surface area (Å²) < 4.78 is 33.1. The van der Waals surface area contributed by atoms with Gasteiger partial charge in [0, 0.05) is 26.1 Å². The van der Waals surface area contributed by atoms with Crippen LogP contribution in [0, 0.1) is 0 Å². The van der Waals surface area contributed by atoms with E-state index in [1.807, 2.05) is 30.3 Å². The molecule has 2 aromatic carbocycles. The molecule has 1 fully saturated rings. The highest BCUT2D eigenvalue weighted by molar-refractivity contribution is 14.0. The molecule has 1 aliphatic heterocycles. The van der Waals surface area contributed by atoms with Crippen LogP contribution in [0.5, 0.6) is 5.75 Å². The van der Waals surface area contributed by atoms with Gasteiger partial charge in [0.15, 0.2) is 5.96 Å². The number of para-hydroxylation sites is 1. The number of nitrogens with one attached hydrogen (secondary N) is 3. The molecule has 3 N–H and O–H groups in total. The summed E-state index contributed by atoms with van der Waals surface area (Å²) >= 11 is 0. The molecule has 4 rings (SSSR count). The molecule has 0 saturated heterocycles. The van der Waals surface area contributed by atoms with Crippen LogP contribution in [-0.4, -0.2) is 40.1 Å². The van der Waals surface area contributed by atoms with Gasteiger partial charge < -0.3 is 15.4 Å². The van der Waals surface area contributed by atoms with Crippen molar-refractivity contribution in [2.45, 2.75) is 42.8 Å². The predicted molar refractivity (Wildman–Crippen MR) is 128 cm³/mol. The molecule has 9 heteroatoms. The number of sulfonamides is 1. The Morgan fingerprint density at radius 2 is 1.83 bits per heavy atom. The van der Waals surface area contributed by atoms with Gasteiger partial charge in [-0.1, -0.05) is 30.3 Å². The number of aliphatic imine (C=N–C) groups is 1. The number of nitrogens with zero attached hydrogens (tertiary/aromatic N) is 1. The second-order valence-electron chi connectivity index (χ2n) is 7.40. The van der Waals surface area contributed by atoms with E-state index in [2.05, 4.69) is 26.4 Å². The van der Waals surface area contributed by atoms with Crippen molar-refractivity contribution in [3.05, 3.63) is 59.7 Å². The summed E-state index contributed by atoms with van der Waals surface area (Å²) in [6.07, 6.45) is 2.80. The number of rotatable bonds is 7. The molecule has 162 valence electrons. The Balaban J connectivity index is 0.00000256. The molecular weight excluding hydrogens is 515 g/mol. The van der Waals surface area contributed by atoms with Crippen LogP contribution in [0.1, 0.15) is 24.0 Å². The number of hydrogen-bond acceptors (Lipinski definition) is 4. The van der Waals surface area contributed by atoms with Crippen molar-refractivity contribution < 1.29 is 13.2 Å². The summed E-state index contributed by atoms with van der Waals surface area (Å²) in [7, 11) is -1.69. The number of benzene rings is 2. The molecule has 0 aromatic heterocycles. The van der Waals surface area contributed by atoms with E-state index < -0.39 is 10.0 Å². The van der Waals surface area contributed by atoms with Crippen LogP contribution in [-0.2, 0) is 23.0 Å². The van der Waals surface area contributed by atoms with Gasteiger partial charge in [0.25, 0.3) is 0 Å². The Morgan fingerprint density at radius 3 is 2.50 bits per heavy atom. The van der Waals surface area contributed by atoms with Gasteiger partial charge in [0.05, 0.1) is 11.4 Å². The Bertz CT molecular complexity index is 967. The van der Waals surface area contributed by atoms with Crippen LogP contribution in [0.4, 0.5) is 0 Å². The molecule has 0 amide bonds. The lowest BCUT2D eigenvalue weighted by Crippen LogP contribution is -2.41. The van der Waals surface area contributed by atoms with Crippen molar-refractivity contribution in [1.29, 1.82) is 0 Å². The first-order valence-electron chi connectivity index (χ1n) is 9.84. The lowest BCUT2D eigenvalue weighted by atomic mass is 10.1. The number of ether oxygens (including phenoxy) is 1. The van der Waals surface area contributed by atoms with Crippen LogP contribution in [0.3, 0.4) is 0 Å². The van der Waals surface area contributed by atoms with E-state index in [1.165, 1.54) is 5.56 Å². The van der Waals surface area contributed by atoms with E-state index in [-0.39, 0.29) is 36.1 Å². The largest absolute Gasteiger partial charge is 0.488 e. The van der Waals surface area contributed by atoms with Crippen LogP contribution in [0.2, 0.25) is 0 Å². The molecule has 0 spiro atoms. The topological polar surface area (TPSA) is 91.8 Å². The molecule has 2 aliphatic rings. The average molecular weight is 542 g/mol. The van der Waals surface area contributed by atoms with Gasteiger partial charge in [0.1, 0.15) is 11.9 Å². The Kier molecular flexibility index (Phi) is 7.59. The highest BCUT2D eigenvalue weighted by Gasteiger charge is 2.27. The van der Waals surface area contributed by atoms with E-state index >= 15 is 0 Å². The zero-order valence-corrected chi connectivity index (χ0v) is 19.9. The predicted octanol–water partition coefficient (Wildman–Crippen LogP) is 2.41. The van der Waals surface area contributed by atoms with Gasteiger partial charge in [-0.05, 0) is 42.2 Å². The van der Waals surface area contributed by atoms with Crippen LogP contribution >= 0.6 is 24.0 Å². The summed E-state index contributed by atoms with van der Waals surface area (Å²) in [4.78, 5) is 4.54. The zero-order valence-electron chi connectivity index (χ0n) is 16.8. The van der Waals surface area contributed by atoms with Gasteiger partial charge in [-0.2, -0.15) is 0 Å². The Labute approximate surface area is 194 Å². The first kappa shape index (κ1) is 22.8. The second kappa shape index (κ2) is 9.97. The third-order valence-electron chi connectivity index (χ3n) is 5.03. The minimum Gasteiger partial charge on any atom is -0.488 e.